The zero-order chi connectivity index (χ0) is 13.0. The number of nitrogens with zero attached hydrogens (tertiary/aromatic N) is 1. The molecule has 2 heteroatoms. The molecule has 2 aromatic rings. The maximum atomic E-state index is 6.31. The predicted octanol–water partition coefficient (Wildman–Crippen LogP) is 5.51. The normalized spacial score (nSPS) is 13.1. The summed E-state index contributed by atoms with van der Waals surface area (Å²) in [5.41, 5.74) is 1.19. The predicted molar refractivity (Wildman–Crippen MR) is 80.3 cm³/mol. The Bertz CT molecular complexity index is 501. The molecule has 1 atom stereocenters. The van der Waals surface area contributed by atoms with Crippen molar-refractivity contribution in [3.63, 3.8) is 0 Å². The van der Waals surface area contributed by atoms with E-state index in [4.69, 9.17) is 11.6 Å². The fourth-order valence-electron chi connectivity index (χ4n) is 2.56. The monoisotopic (exact) mass is 263 g/mol. The Morgan fingerprint density at radius 1 is 1.22 bits per heavy atom. The number of halogens is 1. The van der Waals surface area contributed by atoms with Gasteiger partial charge in [-0.25, -0.2) is 0 Å². The van der Waals surface area contributed by atoms with Crippen molar-refractivity contribution in [3.8, 4) is 0 Å². The Labute approximate surface area is 115 Å². The van der Waals surface area contributed by atoms with E-state index in [1.807, 2.05) is 12.1 Å². The molecule has 0 saturated heterocycles. The molecule has 0 spiro atoms. The Morgan fingerprint density at radius 2 is 2.06 bits per heavy atom. The van der Waals surface area contributed by atoms with Crippen LogP contribution in [0.25, 0.3) is 10.9 Å². The van der Waals surface area contributed by atoms with Crippen LogP contribution in [-0.4, -0.2) is 4.57 Å². The fourth-order valence-corrected chi connectivity index (χ4v) is 2.85. The minimum Gasteiger partial charge on any atom is -0.346 e. The van der Waals surface area contributed by atoms with Crippen LogP contribution in [-0.2, 0) is 6.54 Å². The van der Waals surface area contributed by atoms with E-state index in [0.29, 0.717) is 0 Å². The van der Waals surface area contributed by atoms with Gasteiger partial charge in [-0.3, -0.25) is 0 Å². The number of aromatic nitrogens is 1. The quantitative estimate of drug-likeness (QED) is 0.647. The highest BCUT2D eigenvalue weighted by Gasteiger charge is 2.10. The average Bonchev–Trinajstić information content (AvgIpc) is 2.79. The molecule has 98 valence electrons. The van der Waals surface area contributed by atoms with Crippen molar-refractivity contribution in [1.82, 2.24) is 4.57 Å². The SMILES string of the molecule is CCCCC(CC)Cn1ccc2cccc(Cl)c21. The number of hydrogen-bond donors (Lipinski definition) is 0. The van der Waals surface area contributed by atoms with Crippen LogP contribution >= 0.6 is 11.6 Å². The zero-order valence-electron chi connectivity index (χ0n) is 11.3. The summed E-state index contributed by atoms with van der Waals surface area (Å²) in [6.07, 6.45) is 7.33. The third-order valence-electron chi connectivity index (χ3n) is 3.74. The molecule has 0 aliphatic heterocycles. The molecule has 0 radical (unpaired) electrons. The summed E-state index contributed by atoms with van der Waals surface area (Å²) in [5.74, 6) is 0.761. The van der Waals surface area contributed by atoms with Gasteiger partial charge in [-0.15, -0.1) is 0 Å². The zero-order valence-corrected chi connectivity index (χ0v) is 12.1. The van der Waals surface area contributed by atoms with Crippen LogP contribution in [0.4, 0.5) is 0 Å². The van der Waals surface area contributed by atoms with Gasteiger partial charge in [0.15, 0.2) is 0 Å². The number of fused-ring (bicyclic) bond motifs is 1. The molecule has 0 aliphatic rings. The molecule has 0 bridgehead atoms. The van der Waals surface area contributed by atoms with Crippen molar-refractivity contribution in [2.75, 3.05) is 0 Å². The molecule has 2 rings (SSSR count). The van der Waals surface area contributed by atoms with Gasteiger partial charge in [0.25, 0.3) is 0 Å². The second-order valence-electron chi connectivity index (χ2n) is 5.06. The summed E-state index contributed by atoms with van der Waals surface area (Å²) < 4.78 is 2.32. The standard InChI is InChI=1S/C16H22ClN/c1-3-5-7-13(4-2)12-18-11-10-14-8-6-9-15(17)16(14)18/h6,8-11,13H,3-5,7,12H2,1-2H3. The number of rotatable bonds is 6. The lowest BCUT2D eigenvalue weighted by atomic mass is 9.99. The van der Waals surface area contributed by atoms with E-state index in [0.717, 1.165) is 17.5 Å². The van der Waals surface area contributed by atoms with Gasteiger partial charge in [0, 0.05) is 18.1 Å². The lowest BCUT2D eigenvalue weighted by Gasteiger charge is -2.16. The molecule has 0 fully saturated rings. The Kier molecular flexibility index (Phi) is 4.71. The van der Waals surface area contributed by atoms with E-state index in [2.05, 4.69) is 36.7 Å². The molecular formula is C16H22ClN. The summed E-state index contributed by atoms with van der Waals surface area (Å²) in [5, 5.41) is 2.11. The van der Waals surface area contributed by atoms with Gasteiger partial charge in [0.05, 0.1) is 10.5 Å². The van der Waals surface area contributed by atoms with Gasteiger partial charge >= 0.3 is 0 Å². The van der Waals surface area contributed by atoms with E-state index in [1.165, 1.54) is 36.6 Å². The summed E-state index contributed by atoms with van der Waals surface area (Å²) in [6.45, 7) is 5.63. The highest BCUT2D eigenvalue weighted by atomic mass is 35.5. The van der Waals surface area contributed by atoms with Crippen LogP contribution in [0.5, 0.6) is 0 Å². The highest BCUT2D eigenvalue weighted by Crippen LogP contribution is 2.26. The second-order valence-corrected chi connectivity index (χ2v) is 5.47. The van der Waals surface area contributed by atoms with Gasteiger partial charge in [0.1, 0.15) is 0 Å². The third kappa shape index (κ3) is 2.89. The van der Waals surface area contributed by atoms with E-state index < -0.39 is 0 Å². The Morgan fingerprint density at radius 3 is 2.78 bits per heavy atom. The maximum absolute atomic E-state index is 6.31. The van der Waals surface area contributed by atoms with Gasteiger partial charge < -0.3 is 4.57 Å². The lowest BCUT2D eigenvalue weighted by molar-refractivity contribution is 0.396. The van der Waals surface area contributed by atoms with Crippen LogP contribution in [0.1, 0.15) is 39.5 Å². The van der Waals surface area contributed by atoms with Crippen LogP contribution in [0.2, 0.25) is 5.02 Å². The van der Waals surface area contributed by atoms with Gasteiger partial charge in [-0.2, -0.15) is 0 Å². The first-order valence-electron chi connectivity index (χ1n) is 6.99. The first kappa shape index (κ1) is 13.5. The minimum absolute atomic E-state index is 0.761. The number of para-hydroxylation sites is 1. The topological polar surface area (TPSA) is 4.93 Å². The smallest absolute Gasteiger partial charge is 0.0669 e. The molecule has 0 aliphatic carbocycles. The molecule has 1 aromatic heterocycles. The molecule has 1 aromatic carbocycles. The molecular weight excluding hydrogens is 242 g/mol. The third-order valence-corrected chi connectivity index (χ3v) is 4.04. The Balaban J connectivity index is 2.20. The molecule has 0 amide bonds. The van der Waals surface area contributed by atoms with Crippen LogP contribution in [0.3, 0.4) is 0 Å². The molecule has 0 N–H and O–H groups in total. The fraction of sp³-hybridized carbons (Fsp3) is 0.500. The van der Waals surface area contributed by atoms with Gasteiger partial charge in [-0.1, -0.05) is 56.8 Å². The van der Waals surface area contributed by atoms with Crippen LogP contribution < -0.4 is 0 Å². The number of unbranched alkanes of at least 4 members (excludes halogenated alkanes) is 1. The van der Waals surface area contributed by atoms with E-state index in [1.54, 1.807) is 0 Å². The molecule has 1 nitrogen and oxygen atoms in total. The van der Waals surface area contributed by atoms with E-state index in [-0.39, 0.29) is 0 Å². The summed E-state index contributed by atoms with van der Waals surface area (Å²) in [4.78, 5) is 0. The van der Waals surface area contributed by atoms with Crippen molar-refractivity contribution >= 4 is 22.5 Å². The summed E-state index contributed by atoms with van der Waals surface area (Å²) in [7, 11) is 0. The van der Waals surface area contributed by atoms with Crippen LogP contribution in [0.15, 0.2) is 30.5 Å². The number of hydrogen-bond acceptors (Lipinski definition) is 0. The first-order chi connectivity index (χ1) is 8.76. The molecule has 1 heterocycles. The summed E-state index contributed by atoms with van der Waals surface area (Å²) in [6, 6.07) is 8.29. The first-order valence-corrected chi connectivity index (χ1v) is 7.37. The van der Waals surface area contributed by atoms with Gasteiger partial charge in [0.2, 0.25) is 0 Å². The van der Waals surface area contributed by atoms with Crippen molar-refractivity contribution in [1.29, 1.82) is 0 Å². The molecule has 0 saturated carbocycles. The van der Waals surface area contributed by atoms with Crippen molar-refractivity contribution < 1.29 is 0 Å². The van der Waals surface area contributed by atoms with Crippen molar-refractivity contribution in [2.24, 2.45) is 5.92 Å². The largest absolute Gasteiger partial charge is 0.346 e. The Hall–Kier alpha value is -0.950. The van der Waals surface area contributed by atoms with Gasteiger partial charge in [-0.05, 0) is 24.5 Å². The minimum atomic E-state index is 0.761. The molecule has 1 unspecified atom stereocenters. The van der Waals surface area contributed by atoms with E-state index >= 15 is 0 Å². The maximum Gasteiger partial charge on any atom is 0.0669 e. The highest BCUT2D eigenvalue weighted by molar-refractivity contribution is 6.35. The molecule has 18 heavy (non-hydrogen) atoms. The van der Waals surface area contributed by atoms with Crippen LogP contribution in [0, 0.1) is 5.92 Å². The average molecular weight is 264 g/mol. The summed E-state index contributed by atoms with van der Waals surface area (Å²) >= 11 is 6.31. The van der Waals surface area contributed by atoms with Crippen molar-refractivity contribution in [2.45, 2.75) is 46.1 Å². The number of benzene rings is 1. The lowest BCUT2D eigenvalue weighted by Crippen LogP contribution is -2.09. The van der Waals surface area contributed by atoms with Crippen molar-refractivity contribution in [3.05, 3.63) is 35.5 Å². The van der Waals surface area contributed by atoms with E-state index in [9.17, 15) is 0 Å². The second kappa shape index (κ2) is 6.29.